The highest BCUT2D eigenvalue weighted by molar-refractivity contribution is 5.32. The topological polar surface area (TPSA) is 37.4 Å². The Balaban J connectivity index is 1.86. The van der Waals surface area contributed by atoms with Gasteiger partial charge in [-0.25, -0.2) is 0 Å². The zero-order chi connectivity index (χ0) is 15.1. The monoisotopic (exact) mass is 291 g/mol. The summed E-state index contributed by atoms with van der Waals surface area (Å²) < 4.78 is 6.03. The Hall–Kier alpha value is -1.13. The van der Waals surface area contributed by atoms with Crippen LogP contribution in [0.4, 0.5) is 0 Å². The molecule has 1 aliphatic heterocycles. The molecule has 21 heavy (non-hydrogen) atoms. The van der Waals surface area contributed by atoms with Crippen molar-refractivity contribution < 1.29 is 4.74 Å². The molecular weight excluding hydrogens is 262 g/mol. The number of aromatic nitrogens is 1. The third-order valence-electron chi connectivity index (χ3n) is 3.90. The molecule has 0 saturated carbocycles. The maximum Gasteiger partial charge on any atom is 0.127 e. The van der Waals surface area contributed by atoms with Crippen LogP contribution in [0.25, 0.3) is 0 Å². The molecule has 2 rings (SSSR count). The van der Waals surface area contributed by atoms with Gasteiger partial charge in [0.15, 0.2) is 0 Å². The molecule has 0 atom stereocenters. The number of nitrogens with one attached hydrogen (secondary N) is 1. The lowest BCUT2D eigenvalue weighted by molar-refractivity contribution is 0.182. The molecule has 0 unspecified atom stereocenters. The van der Waals surface area contributed by atoms with Crippen molar-refractivity contribution in [2.24, 2.45) is 0 Å². The Kier molecular flexibility index (Phi) is 6.46. The molecule has 118 valence electrons. The van der Waals surface area contributed by atoms with Crippen LogP contribution in [0.2, 0.25) is 0 Å². The number of aryl methyl sites for hydroxylation is 1. The van der Waals surface area contributed by atoms with Gasteiger partial charge in [-0.2, -0.15) is 0 Å². The molecule has 0 aromatic carbocycles. The highest BCUT2D eigenvalue weighted by Crippen LogP contribution is 2.19. The number of hydrogen-bond donors (Lipinski definition) is 1. The van der Waals surface area contributed by atoms with Gasteiger partial charge in [0.2, 0.25) is 0 Å². The first-order chi connectivity index (χ1) is 10.1. The standard InChI is InChI=1S/C17H29N3O/c1-14(2)18-12-16-13-19-15(3)11-17(16)21-10-9-20-7-5-4-6-8-20/h11,13-14,18H,4-10,12H2,1-3H3. The predicted molar refractivity (Wildman–Crippen MR) is 86.7 cm³/mol. The second-order valence-electron chi connectivity index (χ2n) is 6.22. The average molecular weight is 291 g/mol. The summed E-state index contributed by atoms with van der Waals surface area (Å²) in [5, 5.41) is 3.43. The lowest BCUT2D eigenvalue weighted by Gasteiger charge is -2.26. The van der Waals surface area contributed by atoms with E-state index in [9.17, 15) is 0 Å². The lowest BCUT2D eigenvalue weighted by Crippen LogP contribution is -2.33. The Morgan fingerprint density at radius 1 is 1.29 bits per heavy atom. The Labute approximate surface area is 128 Å². The van der Waals surface area contributed by atoms with Crippen LogP contribution < -0.4 is 10.1 Å². The molecule has 0 amide bonds. The minimum Gasteiger partial charge on any atom is -0.492 e. The number of ether oxygens (including phenoxy) is 1. The minimum absolute atomic E-state index is 0.465. The Morgan fingerprint density at radius 2 is 2.05 bits per heavy atom. The summed E-state index contributed by atoms with van der Waals surface area (Å²) in [5.74, 6) is 0.979. The highest BCUT2D eigenvalue weighted by atomic mass is 16.5. The number of likely N-dealkylation sites (tertiary alicyclic amines) is 1. The fraction of sp³-hybridized carbons (Fsp3) is 0.706. The molecule has 1 aliphatic rings. The maximum atomic E-state index is 6.03. The molecule has 0 spiro atoms. The molecule has 1 fully saturated rings. The van der Waals surface area contributed by atoms with Gasteiger partial charge in [0.1, 0.15) is 12.4 Å². The molecule has 1 aromatic heterocycles. The van der Waals surface area contributed by atoms with E-state index < -0.39 is 0 Å². The van der Waals surface area contributed by atoms with Crippen molar-refractivity contribution in [1.82, 2.24) is 15.2 Å². The normalized spacial score (nSPS) is 16.4. The average Bonchev–Trinajstić information content (AvgIpc) is 2.47. The van der Waals surface area contributed by atoms with Crippen molar-refractivity contribution in [3.8, 4) is 5.75 Å². The zero-order valence-corrected chi connectivity index (χ0v) is 13.7. The minimum atomic E-state index is 0.465. The number of hydrogen-bond acceptors (Lipinski definition) is 4. The van der Waals surface area contributed by atoms with Gasteiger partial charge in [0.25, 0.3) is 0 Å². The van der Waals surface area contributed by atoms with Crippen molar-refractivity contribution in [1.29, 1.82) is 0 Å². The first kappa shape index (κ1) is 16.2. The van der Waals surface area contributed by atoms with Gasteiger partial charge in [-0.1, -0.05) is 20.3 Å². The Morgan fingerprint density at radius 3 is 2.76 bits per heavy atom. The summed E-state index contributed by atoms with van der Waals surface area (Å²) in [6, 6.07) is 2.51. The summed E-state index contributed by atoms with van der Waals surface area (Å²) in [6.45, 7) is 11.4. The Bertz CT molecular complexity index is 428. The van der Waals surface area contributed by atoms with Crippen LogP contribution in [0, 0.1) is 6.92 Å². The van der Waals surface area contributed by atoms with E-state index in [0.29, 0.717) is 6.04 Å². The molecule has 1 N–H and O–H groups in total. The van der Waals surface area contributed by atoms with Gasteiger partial charge in [-0.15, -0.1) is 0 Å². The van der Waals surface area contributed by atoms with Crippen LogP contribution in [0.3, 0.4) is 0 Å². The number of piperidine rings is 1. The molecule has 1 saturated heterocycles. The highest BCUT2D eigenvalue weighted by Gasteiger charge is 2.11. The van der Waals surface area contributed by atoms with E-state index in [1.54, 1.807) is 0 Å². The van der Waals surface area contributed by atoms with Gasteiger partial charge in [-0.05, 0) is 32.9 Å². The zero-order valence-electron chi connectivity index (χ0n) is 13.7. The molecule has 0 radical (unpaired) electrons. The number of pyridine rings is 1. The molecule has 2 heterocycles. The molecule has 0 bridgehead atoms. The van der Waals surface area contributed by atoms with Gasteiger partial charge in [0, 0.05) is 42.7 Å². The van der Waals surface area contributed by atoms with E-state index in [1.165, 1.54) is 32.4 Å². The molecule has 4 heteroatoms. The SMILES string of the molecule is Cc1cc(OCCN2CCCCC2)c(CNC(C)C)cn1. The number of nitrogens with zero attached hydrogens (tertiary/aromatic N) is 2. The van der Waals surface area contributed by atoms with Crippen LogP contribution in [0.5, 0.6) is 5.75 Å². The van der Waals surface area contributed by atoms with Crippen LogP contribution in [0.15, 0.2) is 12.3 Å². The predicted octanol–water partition coefficient (Wildman–Crippen LogP) is 2.75. The molecular formula is C17H29N3O. The van der Waals surface area contributed by atoms with Gasteiger partial charge in [-0.3, -0.25) is 9.88 Å². The maximum absolute atomic E-state index is 6.03. The van der Waals surface area contributed by atoms with E-state index in [1.807, 2.05) is 19.2 Å². The van der Waals surface area contributed by atoms with Crippen molar-refractivity contribution in [2.45, 2.75) is 52.6 Å². The van der Waals surface area contributed by atoms with Crippen LogP contribution in [-0.4, -0.2) is 42.2 Å². The van der Waals surface area contributed by atoms with E-state index in [2.05, 4.69) is 29.0 Å². The van der Waals surface area contributed by atoms with E-state index in [0.717, 1.165) is 36.7 Å². The quantitative estimate of drug-likeness (QED) is 0.838. The summed E-state index contributed by atoms with van der Waals surface area (Å²) in [7, 11) is 0. The first-order valence-electron chi connectivity index (χ1n) is 8.19. The summed E-state index contributed by atoms with van der Waals surface area (Å²) in [5.41, 5.74) is 2.16. The summed E-state index contributed by atoms with van der Waals surface area (Å²) >= 11 is 0. The molecule has 1 aromatic rings. The van der Waals surface area contributed by atoms with Gasteiger partial charge in [0.05, 0.1) is 0 Å². The summed E-state index contributed by atoms with van der Waals surface area (Å²) in [6.07, 6.45) is 5.97. The van der Waals surface area contributed by atoms with Crippen molar-refractivity contribution in [3.63, 3.8) is 0 Å². The van der Waals surface area contributed by atoms with Crippen LogP contribution in [-0.2, 0) is 6.54 Å². The molecule has 0 aliphatic carbocycles. The van der Waals surface area contributed by atoms with Crippen molar-refractivity contribution >= 4 is 0 Å². The third kappa shape index (κ3) is 5.64. The second-order valence-corrected chi connectivity index (χ2v) is 6.22. The first-order valence-corrected chi connectivity index (χ1v) is 8.19. The second kappa shape index (κ2) is 8.35. The van der Waals surface area contributed by atoms with E-state index >= 15 is 0 Å². The third-order valence-corrected chi connectivity index (χ3v) is 3.90. The van der Waals surface area contributed by atoms with Crippen molar-refractivity contribution in [3.05, 3.63) is 23.5 Å². The van der Waals surface area contributed by atoms with E-state index in [-0.39, 0.29) is 0 Å². The van der Waals surface area contributed by atoms with Crippen molar-refractivity contribution in [2.75, 3.05) is 26.2 Å². The molecule has 4 nitrogen and oxygen atoms in total. The largest absolute Gasteiger partial charge is 0.492 e. The van der Waals surface area contributed by atoms with Gasteiger partial charge < -0.3 is 10.1 Å². The fourth-order valence-electron chi connectivity index (χ4n) is 2.61. The smallest absolute Gasteiger partial charge is 0.127 e. The van der Waals surface area contributed by atoms with Gasteiger partial charge >= 0.3 is 0 Å². The number of rotatable bonds is 7. The fourth-order valence-corrected chi connectivity index (χ4v) is 2.61. The van der Waals surface area contributed by atoms with Crippen LogP contribution >= 0.6 is 0 Å². The van der Waals surface area contributed by atoms with E-state index in [4.69, 9.17) is 4.74 Å². The van der Waals surface area contributed by atoms with Crippen LogP contribution in [0.1, 0.15) is 44.4 Å². The lowest BCUT2D eigenvalue weighted by atomic mass is 10.1. The summed E-state index contributed by atoms with van der Waals surface area (Å²) in [4.78, 5) is 6.89.